The molecule has 2 heterocycles. The summed E-state index contributed by atoms with van der Waals surface area (Å²) in [7, 11) is 1.66. The fraction of sp³-hybridized carbons (Fsp3) is 0.192. The normalized spacial score (nSPS) is 10.6. The van der Waals surface area contributed by atoms with Gasteiger partial charge in [0.05, 0.1) is 36.3 Å². The highest BCUT2D eigenvalue weighted by Crippen LogP contribution is 2.19. The Hall–Kier alpha value is -4.35. The average molecular weight is 454 g/mol. The molecular formula is C26H23N5O3. The van der Waals surface area contributed by atoms with Crippen LogP contribution in [0.1, 0.15) is 23.2 Å². The summed E-state index contributed by atoms with van der Waals surface area (Å²) >= 11 is 0. The van der Waals surface area contributed by atoms with Crippen LogP contribution >= 0.6 is 0 Å². The van der Waals surface area contributed by atoms with E-state index < -0.39 is 0 Å². The van der Waals surface area contributed by atoms with Gasteiger partial charge in [0.15, 0.2) is 11.6 Å². The van der Waals surface area contributed by atoms with E-state index in [1.165, 1.54) is 6.07 Å². The van der Waals surface area contributed by atoms with Gasteiger partial charge in [-0.25, -0.2) is 14.6 Å². The highest BCUT2D eigenvalue weighted by Gasteiger charge is 2.09. The van der Waals surface area contributed by atoms with Crippen LogP contribution in [0.2, 0.25) is 0 Å². The van der Waals surface area contributed by atoms with Crippen molar-refractivity contribution in [2.75, 3.05) is 20.3 Å². The van der Waals surface area contributed by atoms with E-state index in [9.17, 15) is 4.79 Å². The molecule has 0 bridgehead atoms. The van der Waals surface area contributed by atoms with Crippen molar-refractivity contribution in [3.05, 3.63) is 100 Å². The molecule has 34 heavy (non-hydrogen) atoms. The summed E-state index contributed by atoms with van der Waals surface area (Å²) in [6.07, 6.45) is 6.04. The molecular weight excluding hydrogens is 430 g/mol. The van der Waals surface area contributed by atoms with Gasteiger partial charge in [0, 0.05) is 44.4 Å². The van der Waals surface area contributed by atoms with E-state index in [0.717, 1.165) is 17.5 Å². The van der Waals surface area contributed by atoms with Crippen LogP contribution in [-0.2, 0) is 11.2 Å². The molecule has 0 aliphatic rings. The molecule has 2 aromatic carbocycles. The van der Waals surface area contributed by atoms with Gasteiger partial charge in [-0.3, -0.25) is 4.79 Å². The Morgan fingerprint density at radius 1 is 1.03 bits per heavy atom. The first kappa shape index (κ1) is 22.8. The number of ether oxygens (including phenoxy) is 2. The molecule has 0 fully saturated rings. The molecule has 0 atom stereocenters. The smallest absolute Gasteiger partial charge is 0.203 e. The number of hydrogen-bond donors (Lipinski definition) is 0. The molecule has 0 aliphatic carbocycles. The first-order chi connectivity index (χ1) is 16.7. The molecule has 8 heteroatoms. The standard InChI is InChI=1S/C26H23N5O3/c1-33-11-4-12-34-23-17-28-26(29-18-23)21-7-2-5-19(13-21)15-24-25(32)9-10-31(30-24)22-8-3-6-20(14-22)16-27/h2-3,5-10,13-14,17-18H,4,11-12,15H2,1H3. The molecule has 0 amide bonds. The first-order valence-corrected chi connectivity index (χ1v) is 10.8. The van der Waals surface area contributed by atoms with Crippen molar-refractivity contribution in [3.63, 3.8) is 0 Å². The van der Waals surface area contributed by atoms with Crippen molar-refractivity contribution in [1.29, 1.82) is 5.26 Å². The van der Waals surface area contributed by atoms with E-state index in [0.29, 0.717) is 48.2 Å². The van der Waals surface area contributed by atoms with Gasteiger partial charge in [0.25, 0.3) is 0 Å². The van der Waals surface area contributed by atoms with Crippen LogP contribution in [0, 0.1) is 11.3 Å². The molecule has 0 N–H and O–H groups in total. The molecule has 0 saturated heterocycles. The van der Waals surface area contributed by atoms with Gasteiger partial charge in [-0.15, -0.1) is 0 Å². The number of rotatable bonds is 9. The molecule has 0 saturated carbocycles. The first-order valence-electron chi connectivity index (χ1n) is 10.8. The molecule has 0 aliphatic heterocycles. The van der Waals surface area contributed by atoms with Gasteiger partial charge in [0.1, 0.15) is 5.69 Å². The quantitative estimate of drug-likeness (QED) is 0.357. The molecule has 4 aromatic rings. The molecule has 170 valence electrons. The Bertz CT molecular complexity index is 1360. The summed E-state index contributed by atoms with van der Waals surface area (Å²) in [6, 6.07) is 18.4. The zero-order chi connectivity index (χ0) is 23.8. The maximum Gasteiger partial charge on any atom is 0.203 e. The second-order valence-corrected chi connectivity index (χ2v) is 7.55. The third-order valence-electron chi connectivity index (χ3n) is 5.07. The van der Waals surface area contributed by atoms with E-state index >= 15 is 0 Å². The van der Waals surface area contributed by atoms with E-state index in [4.69, 9.17) is 14.7 Å². The average Bonchev–Trinajstić information content (AvgIpc) is 2.88. The Labute approximate surface area is 197 Å². The molecule has 0 unspecified atom stereocenters. The van der Waals surface area contributed by atoms with Crippen molar-refractivity contribution >= 4 is 0 Å². The fourth-order valence-electron chi connectivity index (χ4n) is 3.38. The Kier molecular flexibility index (Phi) is 7.38. The summed E-state index contributed by atoms with van der Waals surface area (Å²) in [6.45, 7) is 1.17. The second kappa shape index (κ2) is 11.0. The molecule has 4 rings (SSSR count). The van der Waals surface area contributed by atoms with Crippen LogP contribution in [0.15, 0.2) is 78.0 Å². The van der Waals surface area contributed by atoms with Gasteiger partial charge in [-0.1, -0.05) is 24.3 Å². The van der Waals surface area contributed by atoms with Crippen LogP contribution < -0.4 is 10.2 Å². The lowest BCUT2D eigenvalue weighted by atomic mass is 10.1. The third-order valence-corrected chi connectivity index (χ3v) is 5.07. The monoisotopic (exact) mass is 453 g/mol. The topological polar surface area (TPSA) is 103 Å². The maximum atomic E-state index is 12.5. The highest BCUT2D eigenvalue weighted by molar-refractivity contribution is 5.56. The number of aromatic nitrogens is 4. The lowest BCUT2D eigenvalue weighted by Gasteiger charge is -2.09. The van der Waals surface area contributed by atoms with Crippen molar-refractivity contribution in [1.82, 2.24) is 19.7 Å². The molecule has 2 aromatic heterocycles. The number of methoxy groups -OCH3 is 1. The second-order valence-electron chi connectivity index (χ2n) is 7.55. The van der Waals surface area contributed by atoms with Crippen molar-refractivity contribution in [2.45, 2.75) is 12.8 Å². The Morgan fingerprint density at radius 3 is 2.65 bits per heavy atom. The molecule has 0 radical (unpaired) electrons. The van der Waals surface area contributed by atoms with Gasteiger partial charge >= 0.3 is 0 Å². The van der Waals surface area contributed by atoms with Crippen LogP contribution in [0.3, 0.4) is 0 Å². The number of hydrogen-bond acceptors (Lipinski definition) is 7. The summed E-state index contributed by atoms with van der Waals surface area (Å²) in [5.74, 6) is 1.17. The predicted octanol–water partition coefficient (Wildman–Crippen LogP) is 3.57. The van der Waals surface area contributed by atoms with Crippen molar-refractivity contribution in [3.8, 4) is 28.9 Å². The van der Waals surface area contributed by atoms with Crippen LogP contribution in [0.25, 0.3) is 17.1 Å². The Balaban J connectivity index is 1.51. The SMILES string of the molecule is COCCCOc1cnc(-c2cccc(Cc3nn(-c4cccc(C#N)c4)ccc3=O)c2)nc1. The minimum absolute atomic E-state index is 0.149. The van der Waals surface area contributed by atoms with Crippen LogP contribution in [0.4, 0.5) is 0 Å². The maximum absolute atomic E-state index is 12.5. The predicted molar refractivity (Wildman–Crippen MR) is 127 cm³/mol. The molecule has 0 spiro atoms. The summed E-state index contributed by atoms with van der Waals surface area (Å²) in [5, 5.41) is 13.7. The third kappa shape index (κ3) is 5.71. The summed E-state index contributed by atoms with van der Waals surface area (Å²) in [5.41, 5.74) is 3.24. The Morgan fingerprint density at radius 2 is 1.85 bits per heavy atom. The zero-order valence-electron chi connectivity index (χ0n) is 18.7. The highest BCUT2D eigenvalue weighted by atomic mass is 16.5. The minimum atomic E-state index is -0.149. The fourth-order valence-corrected chi connectivity index (χ4v) is 3.38. The van der Waals surface area contributed by atoms with Crippen molar-refractivity contribution in [2.24, 2.45) is 0 Å². The van der Waals surface area contributed by atoms with Crippen LogP contribution in [0.5, 0.6) is 5.75 Å². The minimum Gasteiger partial charge on any atom is -0.490 e. The summed E-state index contributed by atoms with van der Waals surface area (Å²) < 4.78 is 12.2. The van der Waals surface area contributed by atoms with E-state index in [1.807, 2.05) is 30.3 Å². The molecule has 8 nitrogen and oxygen atoms in total. The van der Waals surface area contributed by atoms with Crippen LogP contribution in [-0.4, -0.2) is 40.1 Å². The van der Waals surface area contributed by atoms with Gasteiger partial charge in [-0.05, 0) is 29.8 Å². The van der Waals surface area contributed by atoms with E-state index in [1.54, 1.807) is 48.6 Å². The lowest BCUT2D eigenvalue weighted by Crippen LogP contribution is -2.16. The summed E-state index contributed by atoms with van der Waals surface area (Å²) in [4.78, 5) is 21.3. The lowest BCUT2D eigenvalue weighted by molar-refractivity contribution is 0.172. The van der Waals surface area contributed by atoms with Gasteiger partial charge < -0.3 is 9.47 Å². The van der Waals surface area contributed by atoms with E-state index in [2.05, 4.69) is 21.1 Å². The van der Waals surface area contributed by atoms with E-state index in [-0.39, 0.29) is 5.43 Å². The van der Waals surface area contributed by atoms with Gasteiger partial charge in [-0.2, -0.15) is 10.4 Å². The zero-order valence-corrected chi connectivity index (χ0v) is 18.7. The number of nitrogens with zero attached hydrogens (tertiary/aromatic N) is 5. The largest absolute Gasteiger partial charge is 0.490 e. The van der Waals surface area contributed by atoms with Gasteiger partial charge in [0.2, 0.25) is 5.43 Å². The number of benzene rings is 2. The number of nitriles is 1. The van der Waals surface area contributed by atoms with Crippen molar-refractivity contribution < 1.29 is 9.47 Å².